The summed E-state index contributed by atoms with van der Waals surface area (Å²) in [5.74, 6) is 1.64. The lowest BCUT2D eigenvalue weighted by Crippen LogP contribution is -2.34. The van der Waals surface area contributed by atoms with E-state index in [9.17, 15) is 13.2 Å². The van der Waals surface area contributed by atoms with Gasteiger partial charge in [0.05, 0.1) is 21.8 Å². The summed E-state index contributed by atoms with van der Waals surface area (Å²) in [6.45, 7) is 7.23. The first-order valence-corrected chi connectivity index (χ1v) is 12.6. The molecule has 0 bridgehead atoms. The Morgan fingerprint density at radius 1 is 1.36 bits per heavy atom. The molecule has 0 aliphatic heterocycles. The van der Waals surface area contributed by atoms with Crippen LogP contribution < -0.4 is 10.6 Å². The van der Waals surface area contributed by atoms with Gasteiger partial charge in [0.2, 0.25) is 0 Å². The SMILES string of the molecule is C#CC(C(C)C=C(C=C)C=NC(CCC)=c1c(=C=N)c2cc(Cl)ccc2n1C1CCCC1)C(F)(F)F. The second-order valence-electron chi connectivity index (χ2n) is 9.19. The molecule has 2 unspecified atom stereocenters. The number of terminal acetylenes is 1. The third-order valence-corrected chi connectivity index (χ3v) is 6.89. The average Bonchev–Trinajstić information content (AvgIpc) is 3.45. The van der Waals surface area contributed by atoms with Gasteiger partial charge in [-0.1, -0.05) is 69.4 Å². The van der Waals surface area contributed by atoms with Crippen molar-refractivity contribution in [2.45, 2.75) is 64.6 Å². The zero-order chi connectivity index (χ0) is 26.5. The van der Waals surface area contributed by atoms with Crippen molar-refractivity contribution in [3.05, 3.63) is 58.1 Å². The molecule has 1 fully saturated rings. The summed E-state index contributed by atoms with van der Waals surface area (Å²) in [5, 5.41) is 11.0. The van der Waals surface area contributed by atoms with Crippen LogP contribution in [0.2, 0.25) is 5.02 Å². The van der Waals surface area contributed by atoms with Crippen molar-refractivity contribution >= 4 is 40.3 Å². The molecular weight excluding hydrogens is 483 g/mol. The number of aliphatic imine (C=N–C) groups is 1. The molecule has 1 aliphatic carbocycles. The zero-order valence-corrected chi connectivity index (χ0v) is 21.4. The number of nitrogens with zero attached hydrogens (tertiary/aromatic N) is 2. The largest absolute Gasteiger partial charge is 0.402 e. The van der Waals surface area contributed by atoms with Gasteiger partial charge in [-0.25, -0.2) is 0 Å². The van der Waals surface area contributed by atoms with Crippen LogP contribution in [0.15, 0.2) is 47.5 Å². The normalized spacial score (nSPS) is 17.8. The molecule has 1 aliphatic rings. The molecule has 1 N–H and O–H groups in total. The quantitative estimate of drug-likeness (QED) is 0.227. The molecule has 2 aromatic rings. The van der Waals surface area contributed by atoms with Crippen molar-refractivity contribution in [2.24, 2.45) is 16.8 Å². The van der Waals surface area contributed by atoms with Crippen LogP contribution in [-0.2, 0) is 0 Å². The fourth-order valence-electron chi connectivity index (χ4n) is 4.98. The lowest BCUT2D eigenvalue weighted by atomic mass is 9.92. The summed E-state index contributed by atoms with van der Waals surface area (Å²) in [7, 11) is 0. The highest BCUT2D eigenvalue weighted by Gasteiger charge is 2.41. The van der Waals surface area contributed by atoms with Crippen molar-refractivity contribution in [2.75, 3.05) is 0 Å². The van der Waals surface area contributed by atoms with E-state index in [-0.39, 0.29) is 6.04 Å². The lowest BCUT2D eigenvalue weighted by Gasteiger charge is -2.19. The second-order valence-corrected chi connectivity index (χ2v) is 9.63. The molecule has 0 amide bonds. The van der Waals surface area contributed by atoms with Gasteiger partial charge in [0.15, 0.2) is 0 Å². The fraction of sp³-hybridized carbons (Fsp3) is 0.414. The standard InChI is InChI=1S/C29H31ClF3N3/c1-5-10-26(35-18-20(6-2)15-19(4)25(7-3)29(31,32)33)28-24(17-34)23-16-21(30)13-14-27(23)36(28)22-11-8-9-12-22/h3,6,13-16,18-19,22,25,34H,2,5,8-12H2,1,4H3. The summed E-state index contributed by atoms with van der Waals surface area (Å²) in [6, 6.07) is 5.94. The van der Waals surface area contributed by atoms with Crippen LogP contribution in [0, 0.1) is 29.6 Å². The molecule has 0 saturated heterocycles. The van der Waals surface area contributed by atoms with Gasteiger partial charge >= 0.3 is 6.18 Å². The van der Waals surface area contributed by atoms with Crippen molar-refractivity contribution in [1.29, 1.82) is 5.41 Å². The zero-order valence-electron chi connectivity index (χ0n) is 20.6. The number of aromatic nitrogens is 1. The van der Waals surface area contributed by atoms with Crippen molar-refractivity contribution in [1.82, 2.24) is 4.57 Å². The van der Waals surface area contributed by atoms with E-state index in [1.807, 2.05) is 31.0 Å². The maximum absolute atomic E-state index is 13.3. The number of halogens is 4. The first kappa shape index (κ1) is 27.6. The molecule has 3 nitrogen and oxygen atoms in total. The predicted molar refractivity (Wildman–Crippen MR) is 143 cm³/mol. The summed E-state index contributed by atoms with van der Waals surface area (Å²) in [6.07, 6.45) is 10.9. The number of nitrogens with one attached hydrogen (secondary N) is 1. The summed E-state index contributed by atoms with van der Waals surface area (Å²) in [5.41, 5.74) is 2.18. The van der Waals surface area contributed by atoms with Gasteiger partial charge in [0.25, 0.3) is 0 Å². The first-order valence-electron chi connectivity index (χ1n) is 12.2. The van der Waals surface area contributed by atoms with Gasteiger partial charge < -0.3 is 4.57 Å². The highest BCUT2D eigenvalue weighted by molar-refractivity contribution is 6.31. The molecule has 0 spiro atoms. The monoisotopic (exact) mass is 513 g/mol. The molecule has 36 heavy (non-hydrogen) atoms. The predicted octanol–water partition coefficient (Wildman–Crippen LogP) is 6.87. The molecule has 7 heteroatoms. The Labute approximate surface area is 215 Å². The number of rotatable bonds is 8. The second kappa shape index (κ2) is 11.8. The number of alkyl halides is 3. The first-order chi connectivity index (χ1) is 17.2. The van der Waals surface area contributed by atoms with E-state index in [0.717, 1.165) is 54.1 Å². The van der Waals surface area contributed by atoms with Crippen LogP contribution in [0.1, 0.15) is 58.4 Å². The maximum Gasteiger partial charge on any atom is 0.402 e. The Bertz CT molecular complexity index is 1360. The third kappa shape index (κ3) is 5.86. The summed E-state index contributed by atoms with van der Waals surface area (Å²) < 4.78 is 42.1. The van der Waals surface area contributed by atoms with Gasteiger partial charge in [-0.05, 0) is 54.8 Å². The Hall–Kier alpha value is -3.00. The molecule has 1 aromatic heterocycles. The Morgan fingerprint density at radius 2 is 2.06 bits per heavy atom. The average molecular weight is 514 g/mol. The highest BCUT2D eigenvalue weighted by Crippen LogP contribution is 2.33. The van der Waals surface area contributed by atoms with Gasteiger partial charge in [0, 0.05) is 22.7 Å². The van der Waals surface area contributed by atoms with Crippen molar-refractivity contribution < 1.29 is 13.2 Å². The van der Waals surface area contributed by atoms with Crippen LogP contribution >= 0.6 is 11.6 Å². The van der Waals surface area contributed by atoms with Gasteiger partial charge in [0.1, 0.15) is 5.92 Å². The number of hydrogen-bond acceptors (Lipinski definition) is 2. The molecule has 1 saturated carbocycles. The molecule has 0 radical (unpaired) electrons. The molecule has 190 valence electrons. The van der Waals surface area contributed by atoms with Crippen molar-refractivity contribution in [3.8, 4) is 12.3 Å². The minimum atomic E-state index is -4.49. The third-order valence-electron chi connectivity index (χ3n) is 6.66. The van der Waals surface area contributed by atoms with Crippen molar-refractivity contribution in [3.63, 3.8) is 0 Å². The van der Waals surface area contributed by atoms with Gasteiger partial charge in [-0.3, -0.25) is 10.4 Å². The van der Waals surface area contributed by atoms with Gasteiger partial charge in [-0.2, -0.15) is 13.2 Å². The smallest absolute Gasteiger partial charge is 0.335 e. The van der Waals surface area contributed by atoms with Crippen LogP contribution in [-0.4, -0.2) is 22.8 Å². The van der Waals surface area contributed by atoms with E-state index < -0.39 is 18.0 Å². The molecule has 1 aromatic carbocycles. The van der Waals surface area contributed by atoms with E-state index in [2.05, 4.69) is 17.0 Å². The van der Waals surface area contributed by atoms with Gasteiger partial charge in [-0.15, -0.1) is 6.42 Å². The Balaban J connectivity index is 2.25. The molecule has 2 atom stereocenters. The topological polar surface area (TPSA) is 41.1 Å². The number of hydrogen-bond donors (Lipinski definition) is 1. The Kier molecular flexibility index (Phi) is 9.06. The van der Waals surface area contributed by atoms with E-state index in [1.54, 1.807) is 0 Å². The van der Waals surface area contributed by atoms with E-state index in [4.69, 9.17) is 28.4 Å². The lowest BCUT2D eigenvalue weighted by molar-refractivity contribution is -0.165. The van der Waals surface area contributed by atoms with Crippen LogP contribution in [0.3, 0.4) is 0 Å². The van der Waals surface area contributed by atoms with Crippen LogP contribution in [0.5, 0.6) is 0 Å². The minimum Gasteiger partial charge on any atom is -0.335 e. The maximum atomic E-state index is 13.3. The number of benzene rings is 1. The van der Waals surface area contributed by atoms with E-state index >= 15 is 0 Å². The highest BCUT2D eigenvalue weighted by atomic mass is 35.5. The molecular formula is C29H31ClF3N3. The summed E-state index contributed by atoms with van der Waals surface area (Å²) >= 11 is 6.30. The van der Waals surface area contributed by atoms with Crippen LogP contribution in [0.25, 0.3) is 16.6 Å². The Morgan fingerprint density at radius 3 is 2.61 bits per heavy atom. The van der Waals surface area contributed by atoms with E-state index in [1.165, 1.54) is 25.3 Å². The summed E-state index contributed by atoms with van der Waals surface area (Å²) in [4.78, 5) is 4.76. The fourth-order valence-corrected chi connectivity index (χ4v) is 5.15. The molecule has 3 rings (SSSR count). The number of allylic oxidation sites excluding steroid dienone is 3. The van der Waals surface area contributed by atoms with Crippen LogP contribution in [0.4, 0.5) is 13.2 Å². The minimum absolute atomic E-state index is 0.269. The van der Waals surface area contributed by atoms with E-state index in [0.29, 0.717) is 22.2 Å². The molecule has 1 heterocycles. The number of fused-ring (bicyclic) bond motifs is 1.